The van der Waals surface area contributed by atoms with E-state index in [1.807, 2.05) is 4.57 Å². The van der Waals surface area contributed by atoms with Gasteiger partial charge < -0.3 is 9.88 Å². The highest BCUT2D eigenvalue weighted by atomic mass is 19.4. The van der Waals surface area contributed by atoms with Crippen molar-refractivity contribution in [1.82, 2.24) is 25.1 Å². The van der Waals surface area contributed by atoms with Crippen LogP contribution >= 0.6 is 0 Å². The van der Waals surface area contributed by atoms with Gasteiger partial charge in [-0.25, -0.2) is 0 Å². The quantitative estimate of drug-likeness (QED) is 0.938. The van der Waals surface area contributed by atoms with Crippen molar-refractivity contribution < 1.29 is 18.0 Å². The monoisotopic (exact) mass is 325 g/mol. The molecule has 1 aliphatic heterocycles. The summed E-state index contributed by atoms with van der Waals surface area (Å²) in [6.45, 7) is 2.56. The second kappa shape index (κ2) is 5.64. The molecule has 0 fully saturated rings. The molecule has 2 aromatic heterocycles. The third-order valence-corrected chi connectivity index (χ3v) is 3.69. The average Bonchev–Trinajstić information content (AvgIpc) is 3.09. The number of amides is 1. The second-order valence-corrected chi connectivity index (χ2v) is 5.35. The third-order valence-electron chi connectivity index (χ3n) is 3.69. The van der Waals surface area contributed by atoms with Gasteiger partial charge in [-0.3, -0.25) is 9.78 Å². The predicted octanol–water partition coefficient (Wildman–Crippen LogP) is 2.13. The number of nitrogens with zero attached hydrogens (tertiary/aromatic N) is 4. The number of hydrogen-bond donors (Lipinski definition) is 1. The number of pyridine rings is 1. The second-order valence-electron chi connectivity index (χ2n) is 5.35. The molecule has 3 rings (SSSR count). The molecule has 122 valence electrons. The number of halogens is 3. The molecule has 0 saturated heterocycles. The first-order chi connectivity index (χ1) is 10.9. The van der Waals surface area contributed by atoms with E-state index in [4.69, 9.17) is 0 Å². The predicted molar refractivity (Wildman–Crippen MR) is 73.5 cm³/mol. The van der Waals surface area contributed by atoms with Gasteiger partial charge in [-0.1, -0.05) is 0 Å². The molecule has 1 N–H and O–H groups in total. The molecule has 0 spiro atoms. The van der Waals surface area contributed by atoms with Gasteiger partial charge in [0.15, 0.2) is 5.82 Å². The minimum atomic E-state index is -4.52. The van der Waals surface area contributed by atoms with Crippen molar-refractivity contribution in [2.75, 3.05) is 0 Å². The number of carbonyl (C=O) groups is 1. The lowest BCUT2D eigenvalue weighted by molar-refractivity contribution is -0.141. The number of alkyl halides is 3. The maximum atomic E-state index is 12.5. The zero-order chi connectivity index (χ0) is 16.6. The third kappa shape index (κ3) is 3.03. The van der Waals surface area contributed by atoms with Crippen LogP contribution in [-0.2, 0) is 19.1 Å². The van der Waals surface area contributed by atoms with Crippen LogP contribution in [0.1, 0.15) is 47.1 Å². The summed E-state index contributed by atoms with van der Waals surface area (Å²) in [7, 11) is 0. The fourth-order valence-corrected chi connectivity index (χ4v) is 2.53. The van der Waals surface area contributed by atoms with Gasteiger partial charge in [-0.2, -0.15) is 13.2 Å². The van der Waals surface area contributed by atoms with Gasteiger partial charge in [0.25, 0.3) is 5.91 Å². The van der Waals surface area contributed by atoms with E-state index in [0.29, 0.717) is 5.82 Å². The molecule has 3 heterocycles. The molecule has 6 nitrogen and oxygen atoms in total. The number of aryl methyl sites for hydroxylation is 1. The van der Waals surface area contributed by atoms with Crippen LogP contribution in [0.5, 0.6) is 0 Å². The van der Waals surface area contributed by atoms with Gasteiger partial charge in [0.05, 0.1) is 11.6 Å². The number of hydrogen-bond acceptors (Lipinski definition) is 4. The standard InChI is InChI=1S/C14H14F3N5O/c1-8(12-21-20-11-3-2-6-22(11)12)19-13(23)9-4-5-10(18-7-9)14(15,16)17/h4-5,7-8H,2-3,6H2,1H3,(H,19,23)/t8-/m1/s1. The molecule has 2 aromatic rings. The lowest BCUT2D eigenvalue weighted by atomic mass is 10.2. The fourth-order valence-electron chi connectivity index (χ4n) is 2.53. The maximum absolute atomic E-state index is 12.5. The smallest absolute Gasteiger partial charge is 0.342 e. The first kappa shape index (κ1) is 15.4. The first-order valence-electron chi connectivity index (χ1n) is 7.12. The minimum Gasteiger partial charge on any atom is -0.342 e. The number of nitrogens with one attached hydrogen (secondary N) is 1. The van der Waals surface area contributed by atoms with E-state index in [0.717, 1.165) is 43.5 Å². The highest BCUT2D eigenvalue weighted by molar-refractivity contribution is 5.94. The van der Waals surface area contributed by atoms with Gasteiger partial charge in [-0.15, -0.1) is 10.2 Å². The van der Waals surface area contributed by atoms with Crippen molar-refractivity contribution in [3.63, 3.8) is 0 Å². The Morgan fingerprint density at radius 3 is 2.78 bits per heavy atom. The Labute approximate surface area is 129 Å². The average molecular weight is 325 g/mol. The Hall–Kier alpha value is -2.45. The summed E-state index contributed by atoms with van der Waals surface area (Å²) in [5.74, 6) is 1.03. The maximum Gasteiger partial charge on any atom is 0.433 e. The topological polar surface area (TPSA) is 72.7 Å². The van der Waals surface area contributed by atoms with Crippen LogP contribution < -0.4 is 5.32 Å². The number of fused-ring (bicyclic) bond motifs is 1. The zero-order valence-electron chi connectivity index (χ0n) is 12.3. The van der Waals surface area contributed by atoms with Crippen molar-refractivity contribution in [3.8, 4) is 0 Å². The summed E-state index contributed by atoms with van der Waals surface area (Å²) in [4.78, 5) is 15.4. The molecular weight excluding hydrogens is 311 g/mol. The largest absolute Gasteiger partial charge is 0.433 e. The summed E-state index contributed by atoms with van der Waals surface area (Å²) in [6.07, 6.45) is -1.76. The van der Waals surface area contributed by atoms with Gasteiger partial charge in [0.1, 0.15) is 11.5 Å². The van der Waals surface area contributed by atoms with E-state index in [9.17, 15) is 18.0 Å². The van der Waals surface area contributed by atoms with Crippen LogP contribution in [0, 0.1) is 0 Å². The van der Waals surface area contributed by atoms with E-state index in [2.05, 4.69) is 20.5 Å². The van der Waals surface area contributed by atoms with Crippen LogP contribution in [0.4, 0.5) is 13.2 Å². The normalized spacial score (nSPS) is 15.3. The van der Waals surface area contributed by atoms with E-state index < -0.39 is 23.8 Å². The molecular formula is C14H14F3N5O. The van der Waals surface area contributed by atoms with E-state index in [1.165, 1.54) is 0 Å². The Bertz CT molecular complexity index is 723. The van der Waals surface area contributed by atoms with Crippen LogP contribution in [-0.4, -0.2) is 25.7 Å². The number of aromatic nitrogens is 4. The number of rotatable bonds is 3. The van der Waals surface area contributed by atoms with Gasteiger partial charge in [0, 0.05) is 19.2 Å². The van der Waals surface area contributed by atoms with Crippen molar-refractivity contribution >= 4 is 5.91 Å². The summed E-state index contributed by atoms with van der Waals surface area (Å²) >= 11 is 0. The SMILES string of the molecule is C[C@@H](NC(=O)c1ccc(C(F)(F)F)nc1)c1nnc2n1CCC2. The Kier molecular flexibility index (Phi) is 3.78. The molecule has 0 bridgehead atoms. The Morgan fingerprint density at radius 1 is 1.35 bits per heavy atom. The number of carbonyl (C=O) groups excluding carboxylic acids is 1. The molecule has 23 heavy (non-hydrogen) atoms. The van der Waals surface area contributed by atoms with Crippen LogP contribution in [0.3, 0.4) is 0 Å². The first-order valence-corrected chi connectivity index (χ1v) is 7.12. The minimum absolute atomic E-state index is 0.0611. The molecule has 0 unspecified atom stereocenters. The van der Waals surface area contributed by atoms with E-state index in [-0.39, 0.29) is 5.56 Å². The highest BCUT2D eigenvalue weighted by Gasteiger charge is 2.32. The van der Waals surface area contributed by atoms with Crippen LogP contribution in [0.25, 0.3) is 0 Å². The van der Waals surface area contributed by atoms with E-state index in [1.54, 1.807) is 6.92 Å². The molecule has 9 heteroatoms. The summed E-state index contributed by atoms with van der Waals surface area (Å²) in [5, 5.41) is 10.8. The summed E-state index contributed by atoms with van der Waals surface area (Å²) in [5.41, 5.74) is -0.969. The molecule has 0 aromatic carbocycles. The zero-order valence-corrected chi connectivity index (χ0v) is 12.3. The van der Waals surface area contributed by atoms with E-state index >= 15 is 0 Å². The lowest BCUT2D eigenvalue weighted by Gasteiger charge is -2.14. The van der Waals surface area contributed by atoms with Gasteiger partial charge in [0.2, 0.25) is 0 Å². The Balaban J connectivity index is 1.71. The molecule has 0 saturated carbocycles. The highest BCUT2D eigenvalue weighted by Crippen LogP contribution is 2.27. The van der Waals surface area contributed by atoms with Gasteiger partial charge >= 0.3 is 6.18 Å². The Morgan fingerprint density at radius 2 is 2.13 bits per heavy atom. The molecule has 0 radical (unpaired) electrons. The fraction of sp³-hybridized carbons (Fsp3) is 0.429. The molecule has 1 aliphatic rings. The van der Waals surface area contributed by atoms with Crippen molar-refractivity contribution in [2.45, 2.75) is 38.5 Å². The van der Waals surface area contributed by atoms with Crippen LogP contribution in [0.15, 0.2) is 18.3 Å². The summed E-state index contributed by atoms with van der Waals surface area (Å²) in [6, 6.07) is 1.49. The molecule has 0 aliphatic carbocycles. The summed E-state index contributed by atoms with van der Waals surface area (Å²) < 4.78 is 39.3. The molecule has 1 amide bonds. The van der Waals surface area contributed by atoms with Crippen molar-refractivity contribution in [3.05, 3.63) is 41.2 Å². The van der Waals surface area contributed by atoms with Crippen molar-refractivity contribution in [1.29, 1.82) is 0 Å². The van der Waals surface area contributed by atoms with Crippen molar-refractivity contribution in [2.24, 2.45) is 0 Å². The van der Waals surface area contributed by atoms with Gasteiger partial charge in [-0.05, 0) is 25.5 Å². The molecule has 1 atom stereocenters. The van der Waals surface area contributed by atoms with Crippen LogP contribution in [0.2, 0.25) is 0 Å². The lowest BCUT2D eigenvalue weighted by Crippen LogP contribution is -2.29.